The monoisotopic (exact) mass is 296 g/mol. The molecule has 21 heavy (non-hydrogen) atoms. The second-order valence-electron chi connectivity index (χ2n) is 4.27. The van der Waals surface area contributed by atoms with Crippen molar-refractivity contribution >= 4 is 11.9 Å². The summed E-state index contributed by atoms with van der Waals surface area (Å²) in [5.74, 6) is 3.03. The Morgan fingerprint density at radius 3 is 1.90 bits per heavy atom. The second kappa shape index (κ2) is 9.65. The SMILES string of the molecule is C[C@H](C(O)c1ccccc1)N(C)N.O=C(O)/C=C/C(=O)O. The molecule has 0 heterocycles. The highest BCUT2D eigenvalue weighted by Crippen LogP contribution is 2.17. The predicted octanol–water partition coefficient (Wildman–Crippen LogP) is 0.626. The Bertz CT molecular complexity index is 458. The molecule has 0 saturated carbocycles. The Labute approximate surface area is 122 Å². The number of hydrazine groups is 1. The Hall–Kier alpha value is -2.22. The predicted molar refractivity (Wildman–Crippen MR) is 77.2 cm³/mol. The number of benzene rings is 1. The number of hydrogen-bond acceptors (Lipinski definition) is 5. The standard InChI is InChI=1S/C10H16N2O.C4H4O4/c1-8(12(2)11)10(13)9-6-4-3-5-7-9;5-3(6)1-2-4(7)8/h3-8,10,13H,11H2,1-2H3;1-2H,(H,5,6)(H,7,8)/b;2-1+/t8-,10?;/m1./s1. The number of carboxylic acid groups (broad SMARTS) is 2. The van der Waals surface area contributed by atoms with Gasteiger partial charge in [-0.2, -0.15) is 0 Å². The molecule has 1 aromatic carbocycles. The van der Waals surface area contributed by atoms with Gasteiger partial charge in [0.15, 0.2) is 0 Å². The van der Waals surface area contributed by atoms with Crippen LogP contribution in [-0.4, -0.2) is 45.4 Å². The van der Waals surface area contributed by atoms with Crippen LogP contribution in [0.1, 0.15) is 18.6 Å². The van der Waals surface area contributed by atoms with Crippen LogP contribution in [0.15, 0.2) is 42.5 Å². The van der Waals surface area contributed by atoms with Crippen LogP contribution < -0.4 is 5.84 Å². The van der Waals surface area contributed by atoms with Crippen LogP contribution in [0.2, 0.25) is 0 Å². The lowest BCUT2D eigenvalue weighted by molar-refractivity contribution is -0.134. The van der Waals surface area contributed by atoms with E-state index in [1.165, 1.54) is 5.01 Å². The van der Waals surface area contributed by atoms with Crippen molar-refractivity contribution in [3.8, 4) is 0 Å². The van der Waals surface area contributed by atoms with Gasteiger partial charge in [-0.15, -0.1) is 0 Å². The molecule has 0 aliphatic rings. The molecule has 0 saturated heterocycles. The minimum Gasteiger partial charge on any atom is -0.478 e. The fourth-order valence-corrected chi connectivity index (χ4v) is 1.29. The van der Waals surface area contributed by atoms with Crippen molar-refractivity contribution in [2.24, 2.45) is 5.84 Å². The van der Waals surface area contributed by atoms with Crippen LogP contribution in [-0.2, 0) is 9.59 Å². The van der Waals surface area contributed by atoms with E-state index in [9.17, 15) is 14.7 Å². The lowest BCUT2D eigenvalue weighted by atomic mass is 10.0. The van der Waals surface area contributed by atoms with Gasteiger partial charge in [0, 0.05) is 19.2 Å². The minimum absolute atomic E-state index is 0.0811. The molecule has 5 N–H and O–H groups in total. The molecule has 7 nitrogen and oxygen atoms in total. The Kier molecular flexibility index (Phi) is 8.63. The van der Waals surface area contributed by atoms with E-state index in [1.54, 1.807) is 7.05 Å². The highest BCUT2D eigenvalue weighted by Gasteiger charge is 2.17. The quantitative estimate of drug-likeness (QED) is 0.357. The van der Waals surface area contributed by atoms with Crippen molar-refractivity contribution in [1.82, 2.24) is 5.01 Å². The molecule has 0 aromatic heterocycles. The van der Waals surface area contributed by atoms with E-state index in [2.05, 4.69) is 0 Å². The van der Waals surface area contributed by atoms with Gasteiger partial charge in [-0.25, -0.2) is 14.6 Å². The molecule has 0 bridgehead atoms. The molecule has 0 aliphatic heterocycles. The van der Waals surface area contributed by atoms with Crippen molar-refractivity contribution in [3.63, 3.8) is 0 Å². The molecule has 0 spiro atoms. The van der Waals surface area contributed by atoms with Crippen LogP contribution in [0.4, 0.5) is 0 Å². The first kappa shape index (κ1) is 18.8. The zero-order chi connectivity index (χ0) is 16.4. The summed E-state index contributed by atoms with van der Waals surface area (Å²) in [5.41, 5.74) is 0.896. The number of aliphatic hydroxyl groups excluding tert-OH is 1. The highest BCUT2D eigenvalue weighted by molar-refractivity contribution is 5.89. The smallest absolute Gasteiger partial charge is 0.328 e. The lowest BCUT2D eigenvalue weighted by Gasteiger charge is -2.24. The fraction of sp³-hybridized carbons (Fsp3) is 0.286. The van der Waals surface area contributed by atoms with Gasteiger partial charge >= 0.3 is 11.9 Å². The summed E-state index contributed by atoms with van der Waals surface area (Å²) in [6.07, 6.45) is 0.584. The summed E-state index contributed by atoms with van der Waals surface area (Å²) in [6.45, 7) is 1.89. The first-order valence-electron chi connectivity index (χ1n) is 6.10. The summed E-state index contributed by atoms with van der Waals surface area (Å²) in [7, 11) is 1.75. The van der Waals surface area contributed by atoms with Gasteiger partial charge in [-0.3, -0.25) is 5.84 Å². The molecule has 0 radical (unpaired) electrons. The van der Waals surface area contributed by atoms with Gasteiger partial charge in [-0.05, 0) is 12.5 Å². The van der Waals surface area contributed by atoms with E-state index in [-0.39, 0.29) is 6.04 Å². The number of nitrogens with zero attached hydrogens (tertiary/aromatic N) is 1. The molecule has 116 valence electrons. The van der Waals surface area contributed by atoms with Crippen molar-refractivity contribution in [2.45, 2.75) is 19.1 Å². The molecule has 2 atom stereocenters. The third kappa shape index (κ3) is 8.53. The van der Waals surface area contributed by atoms with E-state index in [4.69, 9.17) is 16.1 Å². The number of nitrogens with two attached hydrogens (primary N) is 1. The van der Waals surface area contributed by atoms with Crippen molar-refractivity contribution in [3.05, 3.63) is 48.0 Å². The van der Waals surface area contributed by atoms with Crippen molar-refractivity contribution in [2.75, 3.05) is 7.05 Å². The molecule has 0 fully saturated rings. The summed E-state index contributed by atoms with van der Waals surface area (Å²) >= 11 is 0. The Balaban J connectivity index is 0.000000433. The normalized spacial score (nSPS) is 13.4. The van der Waals surface area contributed by atoms with Gasteiger partial charge < -0.3 is 15.3 Å². The van der Waals surface area contributed by atoms with Crippen LogP contribution >= 0.6 is 0 Å². The summed E-state index contributed by atoms with van der Waals surface area (Å²) in [5, 5.41) is 27.0. The van der Waals surface area contributed by atoms with E-state index in [1.807, 2.05) is 37.3 Å². The molecule has 7 heteroatoms. The number of rotatable bonds is 5. The summed E-state index contributed by atoms with van der Waals surface area (Å²) in [4.78, 5) is 19.1. The van der Waals surface area contributed by atoms with Crippen LogP contribution in [0, 0.1) is 0 Å². The minimum atomic E-state index is -1.26. The number of likely N-dealkylation sites (N-methyl/N-ethyl adjacent to an activating group) is 1. The fourth-order valence-electron chi connectivity index (χ4n) is 1.29. The lowest BCUT2D eigenvalue weighted by Crippen LogP contribution is -2.39. The average Bonchev–Trinajstić information content (AvgIpc) is 2.45. The Morgan fingerprint density at radius 2 is 1.57 bits per heavy atom. The maximum absolute atomic E-state index is 9.84. The third-order valence-corrected chi connectivity index (χ3v) is 2.61. The highest BCUT2D eigenvalue weighted by atomic mass is 16.4. The second-order valence-corrected chi connectivity index (χ2v) is 4.27. The van der Waals surface area contributed by atoms with Crippen LogP contribution in [0.25, 0.3) is 0 Å². The average molecular weight is 296 g/mol. The number of aliphatic hydroxyl groups is 1. The first-order chi connectivity index (χ1) is 9.75. The number of carboxylic acids is 2. The maximum atomic E-state index is 9.84. The van der Waals surface area contributed by atoms with Crippen molar-refractivity contribution in [1.29, 1.82) is 0 Å². The molecular formula is C14H20N2O5. The number of carbonyl (C=O) groups is 2. The van der Waals surface area contributed by atoms with E-state index in [0.29, 0.717) is 12.2 Å². The topological polar surface area (TPSA) is 124 Å². The van der Waals surface area contributed by atoms with Gasteiger partial charge in [0.05, 0.1) is 12.1 Å². The van der Waals surface area contributed by atoms with Crippen LogP contribution in [0.3, 0.4) is 0 Å². The molecule has 1 unspecified atom stereocenters. The van der Waals surface area contributed by atoms with Gasteiger partial charge in [0.25, 0.3) is 0 Å². The first-order valence-corrected chi connectivity index (χ1v) is 6.10. The van der Waals surface area contributed by atoms with E-state index >= 15 is 0 Å². The van der Waals surface area contributed by atoms with Crippen LogP contribution in [0.5, 0.6) is 0 Å². The zero-order valence-corrected chi connectivity index (χ0v) is 11.9. The van der Waals surface area contributed by atoms with E-state index in [0.717, 1.165) is 5.56 Å². The largest absolute Gasteiger partial charge is 0.478 e. The number of hydrogen-bond donors (Lipinski definition) is 4. The number of aliphatic carboxylic acids is 2. The maximum Gasteiger partial charge on any atom is 0.328 e. The van der Waals surface area contributed by atoms with Gasteiger partial charge in [0.2, 0.25) is 0 Å². The Morgan fingerprint density at radius 1 is 1.14 bits per heavy atom. The summed E-state index contributed by atoms with van der Waals surface area (Å²) in [6, 6.07) is 9.44. The zero-order valence-electron chi connectivity index (χ0n) is 11.9. The molecule has 1 rings (SSSR count). The molecular weight excluding hydrogens is 276 g/mol. The van der Waals surface area contributed by atoms with Crippen molar-refractivity contribution < 1.29 is 24.9 Å². The van der Waals surface area contributed by atoms with Gasteiger partial charge in [0.1, 0.15) is 0 Å². The third-order valence-electron chi connectivity index (χ3n) is 2.61. The summed E-state index contributed by atoms with van der Waals surface area (Å²) < 4.78 is 0. The van der Waals surface area contributed by atoms with E-state index < -0.39 is 18.0 Å². The van der Waals surface area contributed by atoms with Gasteiger partial charge in [-0.1, -0.05) is 30.3 Å². The molecule has 1 aromatic rings. The molecule has 0 amide bonds. The molecule has 0 aliphatic carbocycles.